The van der Waals surface area contributed by atoms with Crippen LogP contribution in [-0.2, 0) is 11.2 Å². The lowest BCUT2D eigenvalue weighted by Gasteiger charge is -2.32. The minimum absolute atomic E-state index is 0.0380. The molecular weight excluding hydrogens is 408 g/mol. The number of methoxy groups -OCH3 is 1. The Morgan fingerprint density at radius 1 is 1.12 bits per heavy atom. The average molecular weight is 434 g/mol. The zero-order chi connectivity index (χ0) is 22.5. The van der Waals surface area contributed by atoms with Crippen molar-refractivity contribution in [2.24, 2.45) is 0 Å². The molecule has 8 heteroatoms. The molecule has 2 amide bonds. The number of likely N-dealkylation sites (tertiary alicyclic amines) is 1. The van der Waals surface area contributed by atoms with E-state index in [0.29, 0.717) is 36.8 Å². The van der Waals surface area contributed by atoms with E-state index in [-0.39, 0.29) is 17.9 Å². The highest BCUT2D eigenvalue weighted by atomic mass is 16.5. The number of aryl methyl sites for hydroxylation is 1. The number of nitrogens with one attached hydrogen (secondary N) is 1. The summed E-state index contributed by atoms with van der Waals surface area (Å²) in [7, 11) is 1.61. The van der Waals surface area contributed by atoms with Crippen LogP contribution in [0.3, 0.4) is 0 Å². The van der Waals surface area contributed by atoms with Crippen LogP contribution in [0.25, 0.3) is 11.5 Å². The number of amides is 2. The quantitative estimate of drug-likeness (QED) is 0.641. The maximum absolute atomic E-state index is 12.7. The van der Waals surface area contributed by atoms with E-state index in [9.17, 15) is 9.59 Å². The monoisotopic (exact) mass is 434 g/mol. The van der Waals surface area contributed by atoms with Gasteiger partial charge in [-0.05, 0) is 50.1 Å². The molecule has 1 N–H and O–H groups in total. The van der Waals surface area contributed by atoms with Crippen LogP contribution in [0.1, 0.15) is 34.6 Å². The number of rotatable bonds is 6. The fraction of sp³-hybridized carbons (Fsp3) is 0.333. The minimum Gasteiger partial charge on any atom is -0.496 e. The Labute approximate surface area is 186 Å². The van der Waals surface area contributed by atoms with Crippen LogP contribution in [0.15, 0.2) is 53.1 Å². The molecule has 3 aromatic rings. The van der Waals surface area contributed by atoms with Gasteiger partial charge in [0.05, 0.1) is 13.5 Å². The Balaban J connectivity index is 1.28. The molecule has 0 saturated carbocycles. The Morgan fingerprint density at radius 2 is 1.84 bits per heavy atom. The number of ether oxygens (including phenoxy) is 1. The maximum atomic E-state index is 12.7. The number of benzene rings is 2. The molecule has 0 bridgehead atoms. The number of aromatic nitrogens is 2. The van der Waals surface area contributed by atoms with Crippen molar-refractivity contribution in [2.75, 3.05) is 20.2 Å². The smallest absolute Gasteiger partial charge is 0.257 e. The van der Waals surface area contributed by atoms with Crippen molar-refractivity contribution in [1.29, 1.82) is 0 Å². The Kier molecular flexibility index (Phi) is 6.49. The fourth-order valence-corrected chi connectivity index (χ4v) is 3.84. The van der Waals surface area contributed by atoms with Crippen LogP contribution in [-0.4, -0.2) is 53.1 Å². The largest absolute Gasteiger partial charge is 0.496 e. The molecular formula is C24H26N4O4. The number of hydrogen-bond donors (Lipinski definition) is 1. The molecule has 1 fully saturated rings. The van der Waals surface area contributed by atoms with Gasteiger partial charge >= 0.3 is 0 Å². The van der Waals surface area contributed by atoms with Gasteiger partial charge in [-0.1, -0.05) is 23.4 Å². The first-order chi connectivity index (χ1) is 15.5. The predicted molar refractivity (Wildman–Crippen MR) is 118 cm³/mol. The third-order valence-electron chi connectivity index (χ3n) is 5.64. The highest BCUT2D eigenvalue weighted by Crippen LogP contribution is 2.21. The summed E-state index contributed by atoms with van der Waals surface area (Å²) >= 11 is 0. The molecule has 1 saturated heterocycles. The molecule has 0 aliphatic carbocycles. The zero-order valence-corrected chi connectivity index (χ0v) is 18.2. The van der Waals surface area contributed by atoms with Crippen molar-refractivity contribution in [3.05, 3.63) is 65.5 Å². The van der Waals surface area contributed by atoms with Crippen molar-refractivity contribution in [3.63, 3.8) is 0 Å². The molecule has 0 unspecified atom stereocenters. The molecule has 8 nitrogen and oxygen atoms in total. The number of nitrogens with zero attached hydrogens (tertiary/aromatic N) is 3. The Morgan fingerprint density at radius 3 is 2.50 bits per heavy atom. The summed E-state index contributed by atoms with van der Waals surface area (Å²) < 4.78 is 10.5. The summed E-state index contributed by atoms with van der Waals surface area (Å²) in [6.45, 7) is 3.00. The Bertz CT molecular complexity index is 1090. The van der Waals surface area contributed by atoms with Gasteiger partial charge in [-0.2, -0.15) is 4.98 Å². The lowest BCUT2D eigenvalue weighted by Crippen LogP contribution is -2.47. The van der Waals surface area contributed by atoms with Gasteiger partial charge in [-0.25, -0.2) is 0 Å². The Hall–Kier alpha value is -3.68. The van der Waals surface area contributed by atoms with Gasteiger partial charge in [0.1, 0.15) is 5.75 Å². The summed E-state index contributed by atoms with van der Waals surface area (Å²) in [5, 5.41) is 6.86. The summed E-state index contributed by atoms with van der Waals surface area (Å²) in [5.41, 5.74) is 2.22. The van der Waals surface area contributed by atoms with E-state index in [2.05, 4.69) is 15.5 Å². The van der Waals surface area contributed by atoms with Crippen LogP contribution in [0.2, 0.25) is 0 Å². The standard InChI is InChI=1S/C24H26N4O4/c1-16-25-24(32-27-16)18-9-7-17(8-10-18)23(30)26-20-11-13-28(14-12-20)22(29)15-19-5-3-4-6-21(19)31-2/h3-10,20H,11-15H2,1-2H3,(H,26,30). The van der Waals surface area contributed by atoms with Gasteiger partial charge in [0.25, 0.3) is 11.8 Å². The molecule has 0 radical (unpaired) electrons. The van der Waals surface area contributed by atoms with E-state index < -0.39 is 0 Å². The van der Waals surface area contributed by atoms with E-state index in [1.54, 1.807) is 38.3 Å². The van der Waals surface area contributed by atoms with Crippen LogP contribution >= 0.6 is 0 Å². The SMILES string of the molecule is COc1ccccc1CC(=O)N1CCC(NC(=O)c2ccc(-c3nc(C)no3)cc2)CC1. The highest BCUT2D eigenvalue weighted by molar-refractivity contribution is 5.94. The first-order valence-electron chi connectivity index (χ1n) is 10.6. The average Bonchev–Trinajstić information content (AvgIpc) is 3.26. The summed E-state index contributed by atoms with van der Waals surface area (Å²) in [6.07, 6.45) is 1.76. The molecule has 2 heterocycles. The molecule has 32 heavy (non-hydrogen) atoms. The number of hydrogen-bond acceptors (Lipinski definition) is 6. The highest BCUT2D eigenvalue weighted by Gasteiger charge is 2.24. The topological polar surface area (TPSA) is 97.6 Å². The third kappa shape index (κ3) is 4.96. The van der Waals surface area contributed by atoms with E-state index in [0.717, 1.165) is 29.7 Å². The predicted octanol–water partition coefficient (Wildman–Crippen LogP) is 3.02. The van der Waals surface area contributed by atoms with Gasteiger partial charge in [0.2, 0.25) is 5.91 Å². The van der Waals surface area contributed by atoms with Gasteiger partial charge < -0.3 is 19.5 Å². The van der Waals surface area contributed by atoms with Crippen LogP contribution in [0, 0.1) is 6.92 Å². The number of carbonyl (C=O) groups is 2. The molecule has 1 aliphatic rings. The maximum Gasteiger partial charge on any atom is 0.257 e. The molecule has 0 atom stereocenters. The van der Waals surface area contributed by atoms with Gasteiger partial charge in [0.15, 0.2) is 5.82 Å². The molecule has 1 aliphatic heterocycles. The second-order valence-electron chi connectivity index (χ2n) is 7.84. The van der Waals surface area contributed by atoms with Crippen molar-refractivity contribution in [2.45, 2.75) is 32.2 Å². The second kappa shape index (κ2) is 9.64. The zero-order valence-electron chi connectivity index (χ0n) is 18.2. The minimum atomic E-state index is -0.128. The molecule has 166 valence electrons. The van der Waals surface area contributed by atoms with Crippen LogP contribution < -0.4 is 10.1 Å². The van der Waals surface area contributed by atoms with Crippen LogP contribution in [0.5, 0.6) is 5.75 Å². The normalized spacial score (nSPS) is 14.2. The lowest BCUT2D eigenvalue weighted by molar-refractivity contribution is -0.131. The van der Waals surface area contributed by atoms with Gasteiger partial charge in [0, 0.05) is 35.8 Å². The summed E-state index contributed by atoms with van der Waals surface area (Å²) in [4.78, 5) is 31.4. The van der Waals surface area contributed by atoms with Gasteiger partial charge in [-0.3, -0.25) is 9.59 Å². The lowest BCUT2D eigenvalue weighted by atomic mass is 10.0. The molecule has 1 aromatic heterocycles. The number of para-hydroxylation sites is 1. The molecule has 0 spiro atoms. The van der Waals surface area contributed by atoms with E-state index in [1.807, 2.05) is 29.2 Å². The number of piperidine rings is 1. The second-order valence-corrected chi connectivity index (χ2v) is 7.84. The van der Waals surface area contributed by atoms with Gasteiger partial charge in [-0.15, -0.1) is 0 Å². The van der Waals surface area contributed by atoms with E-state index in [1.165, 1.54) is 0 Å². The van der Waals surface area contributed by atoms with Crippen molar-refractivity contribution < 1.29 is 18.8 Å². The van der Waals surface area contributed by atoms with Crippen molar-refractivity contribution in [1.82, 2.24) is 20.4 Å². The fourth-order valence-electron chi connectivity index (χ4n) is 3.84. The third-order valence-corrected chi connectivity index (χ3v) is 5.64. The molecule has 4 rings (SSSR count). The van der Waals surface area contributed by atoms with Crippen LogP contribution in [0.4, 0.5) is 0 Å². The van der Waals surface area contributed by atoms with Crippen molar-refractivity contribution >= 4 is 11.8 Å². The molecule has 2 aromatic carbocycles. The summed E-state index contributed by atoms with van der Waals surface area (Å²) in [6, 6.07) is 14.7. The number of carbonyl (C=O) groups excluding carboxylic acids is 2. The summed E-state index contributed by atoms with van der Waals surface area (Å²) in [5.74, 6) is 1.67. The van der Waals surface area contributed by atoms with Crippen molar-refractivity contribution in [3.8, 4) is 17.2 Å². The van der Waals surface area contributed by atoms with E-state index in [4.69, 9.17) is 9.26 Å². The first kappa shape index (κ1) is 21.5. The van der Waals surface area contributed by atoms with E-state index >= 15 is 0 Å². The first-order valence-corrected chi connectivity index (χ1v) is 10.6.